The maximum absolute atomic E-state index is 11.8. The molecule has 19 heavy (non-hydrogen) atoms. The van der Waals surface area contributed by atoms with Crippen LogP contribution in [0.2, 0.25) is 0 Å². The van der Waals surface area contributed by atoms with Crippen molar-refractivity contribution < 1.29 is 23.9 Å². The van der Waals surface area contributed by atoms with Crippen LogP contribution in [0.1, 0.15) is 19.4 Å². The predicted molar refractivity (Wildman–Crippen MR) is 67.8 cm³/mol. The smallest absolute Gasteiger partial charge is 0.308 e. The molecule has 1 rings (SSSR count). The van der Waals surface area contributed by atoms with Crippen LogP contribution in [0.5, 0.6) is 0 Å². The average Bonchev–Trinajstić information content (AvgIpc) is 2.36. The molecule has 5 nitrogen and oxygen atoms in total. The Morgan fingerprint density at radius 1 is 1.05 bits per heavy atom. The zero-order valence-electron chi connectivity index (χ0n) is 10.7. The first-order chi connectivity index (χ1) is 8.99. The Kier molecular flexibility index (Phi) is 5.47. The van der Waals surface area contributed by atoms with Gasteiger partial charge in [0.1, 0.15) is 0 Å². The monoisotopic (exact) mass is 262 g/mol. The SMILES string of the molecule is CC(=O)OCC(=O)/C(=C/c1ccccc1)OC(C)=O. The van der Waals surface area contributed by atoms with Gasteiger partial charge in [0, 0.05) is 13.8 Å². The molecule has 0 spiro atoms. The second-order valence-electron chi connectivity index (χ2n) is 3.72. The summed E-state index contributed by atoms with van der Waals surface area (Å²) < 4.78 is 9.41. The van der Waals surface area contributed by atoms with E-state index in [1.54, 1.807) is 24.3 Å². The lowest BCUT2D eigenvalue weighted by Gasteiger charge is -2.06. The molecule has 0 saturated carbocycles. The van der Waals surface area contributed by atoms with Crippen molar-refractivity contribution in [3.63, 3.8) is 0 Å². The highest BCUT2D eigenvalue weighted by atomic mass is 16.6. The third kappa shape index (κ3) is 5.63. The van der Waals surface area contributed by atoms with E-state index in [1.807, 2.05) is 6.07 Å². The van der Waals surface area contributed by atoms with Crippen molar-refractivity contribution in [2.45, 2.75) is 13.8 Å². The fourth-order valence-corrected chi connectivity index (χ4v) is 1.26. The molecule has 0 aliphatic carbocycles. The van der Waals surface area contributed by atoms with Gasteiger partial charge in [-0.1, -0.05) is 30.3 Å². The van der Waals surface area contributed by atoms with Gasteiger partial charge in [0.25, 0.3) is 0 Å². The molecule has 1 aromatic rings. The molecule has 0 atom stereocenters. The minimum absolute atomic E-state index is 0.153. The van der Waals surface area contributed by atoms with Gasteiger partial charge in [-0.3, -0.25) is 14.4 Å². The normalized spacial score (nSPS) is 10.7. The van der Waals surface area contributed by atoms with E-state index >= 15 is 0 Å². The summed E-state index contributed by atoms with van der Waals surface area (Å²) in [6.07, 6.45) is 1.42. The Balaban J connectivity index is 2.88. The van der Waals surface area contributed by atoms with Crippen molar-refractivity contribution >= 4 is 23.8 Å². The average molecular weight is 262 g/mol. The van der Waals surface area contributed by atoms with Crippen molar-refractivity contribution in [1.29, 1.82) is 0 Å². The number of ether oxygens (including phenoxy) is 2. The topological polar surface area (TPSA) is 69.7 Å². The first-order valence-electron chi connectivity index (χ1n) is 5.61. The largest absolute Gasteiger partial charge is 0.457 e. The van der Waals surface area contributed by atoms with Crippen molar-refractivity contribution in [2.75, 3.05) is 6.61 Å². The Labute approximate surface area is 110 Å². The molecule has 5 heteroatoms. The van der Waals surface area contributed by atoms with Crippen LogP contribution in [0.25, 0.3) is 6.08 Å². The number of hydrogen-bond donors (Lipinski definition) is 0. The standard InChI is InChI=1S/C14H14O5/c1-10(15)18-9-13(17)14(19-11(2)16)8-12-6-4-3-5-7-12/h3-8H,9H2,1-2H3/b14-8-. The van der Waals surface area contributed by atoms with Crippen LogP contribution in [0.4, 0.5) is 0 Å². The Bertz CT molecular complexity index is 502. The van der Waals surface area contributed by atoms with Gasteiger partial charge in [0.15, 0.2) is 12.4 Å². The summed E-state index contributed by atoms with van der Waals surface area (Å²) in [6.45, 7) is 1.93. The fraction of sp³-hybridized carbons (Fsp3) is 0.214. The lowest BCUT2D eigenvalue weighted by atomic mass is 10.2. The molecule has 0 amide bonds. The number of carbonyl (C=O) groups is 3. The van der Waals surface area contributed by atoms with Crippen LogP contribution in [0, 0.1) is 0 Å². The molecule has 0 aliphatic heterocycles. The molecule has 1 aromatic carbocycles. The maximum Gasteiger partial charge on any atom is 0.308 e. The van der Waals surface area contributed by atoms with E-state index in [4.69, 9.17) is 4.74 Å². The van der Waals surface area contributed by atoms with E-state index in [-0.39, 0.29) is 5.76 Å². The van der Waals surface area contributed by atoms with E-state index < -0.39 is 24.3 Å². The van der Waals surface area contributed by atoms with Gasteiger partial charge in [0.05, 0.1) is 0 Å². The second-order valence-corrected chi connectivity index (χ2v) is 3.72. The summed E-state index contributed by atoms with van der Waals surface area (Å²) in [5, 5.41) is 0. The van der Waals surface area contributed by atoms with E-state index in [2.05, 4.69) is 4.74 Å². The van der Waals surface area contributed by atoms with Crippen LogP contribution >= 0.6 is 0 Å². The number of rotatable bonds is 5. The van der Waals surface area contributed by atoms with Gasteiger partial charge in [-0.2, -0.15) is 0 Å². The third-order valence-corrected chi connectivity index (χ3v) is 2.03. The number of esters is 2. The number of carbonyl (C=O) groups excluding carboxylic acids is 3. The predicted octanol–water partition coefficient (Wildman–Crippen LogP) is 1.72. The van der Waals surface area contributed by atoms with Crippen LogP contribution in [-0.2, 0) is 23.9 Å². The first kappa shape index (κ1) is 14.6. The zero-order valence-corrected chi connectivity index (χ0v) is 10.7. The van der Waals surface area contributed by atoms with Gasteiger partial charge in [0.2, 0.25) is 5.78 Å². The molecule has 0 N–H and O–H groups in total. The van der Waals surface area contributed by atoms with E-state index in [0.717, 1.165) is 0 Å². The summed E-state index contributed by atoms with van der Waals surface area (Å²) >= 11 is 0. The molecular weight excluding hydrogens is 248 g/mol. The van der Waals surface area contributed by atoms with Crippen LogP contribution in [-0.4, -0.2) is 24.3 Å². The van der Waals surface area contributed by atoms with Crippen LogP contribution in [0.15, 0.2) is 36.1 Å². The second kappa shape index (κ2) is 7.10. The summed E-state index contributed by atoms with van der Waals surface area (Å²) in [7, 11) is 0. The molecule has 0 bridgehead atoms. The zero-order chi connectivity index (χ0) is 14.3. The minimum atomic E-state index is -0.613. The number of ketones is 1. The highest BCUT2D eigenvalue weighted by molar-refractivity contribution is 6.00. The first-order valence-corrected chi connectivity index (χ1v) is 5.61. The molecule has 100 valence electrons. The summed E-state index contributed by atoms with van der Waals surface area (Å²) in [6, 6.07) is 8.90. The minimum Gasteiger partial charge on any atom is -0.457 e. The van der Waals surface area contributed by atoms with Crippen molar-refractivity contribution in [2.24, 2.45) is 0 Å². The molecule has 0 heterocycles. The Morgan fingerprint density at radius 2 is 1.68 bits per heavy atom. The Hall–Kier alpha value is -2.43. The fourth-order valence-electron chi connectivity index (χ4n) is 1.26. The van der Waals surface area contributed by atoms with Gasteiger partial charge < -0.3 is 9.47 Å². The van der Waals surface area contributed by atoms with Crippen LogP contribution < -0.4 is 0 Å². The molecule has 0 fully saturated rings. The van der Waals surface area contributed by atoms with Crippen molar-refractivity contribution in [1.82, 2.24) is 0 Å². The van der Waals surface area contributed by atoms with Crippen LogP contribution in [0.3, 0.4) is 0 Å². The third-order valence-electron chi connectivity index (χ3n) is 2.03. The number of Topliss-reactive ketones (excluding diaryl/α,β-unsaturated/α-hetero) is 1. The van der Waals surface area contributed by atoms with E-state index in [1.165, 1.54) is 19.9 Å². The van der Waals surface area contributed by atoms with Gasteiger partial charge in [-0.15, -0.1) is 0 Å². The number of hydrogen-bond acceptors (Lipinski definition) is 5. The Morgan fingerprint density at radius 3 is 2.21 bits per heavy atom. The van der Waals surface area contributed by atoms with Gasteiger partial charge in [-0.25, -0.2) is 0 Å². The molecular formula is C14H14O5. The van der Waals surface area contributed by atoms with Crippen molar-refractivity contribution in [3.8, 4) is 0 Å². The molecule has 0 aliphatic rings. The lowest BCUT2D eigenvalue weighted by molar-refractivity contribution is -0.147. The van der Waals surface area contributed by atoms with Gasteiger partial charge >= 0.3 is 11.9 Å². The van der Waals surface area contributed by atoms with Gasteiger partial charge in [-0.05, 0) is 11.6 Å². The summed E-state index contributed by atoms with van der Waals surface area (Å²) in [5.41, 5.74) is 0.704. The van der Waals surface area contributed by atoms with E-state index in [0.29, 0.717) is 5.56 Å². The molecule has 0 unspecified atom stereocenters. The summed E-state index contributed by atoms with van der Waals surface area (Å²) in [4.78, 5) is 33.4. The highest BCUT2D eigenvalue weighted by Gasteiger charge is 2.15. The molecule has 0 aromatic heterocycles. The summed E-state index contributed by atoms with van der Waals surface area (Å²) in [5.74, 6) is -1.91. The van der Waals surface area contributed by atoms with Crippen molar-refractivity contribution in [3.05, 3.63) is 41.7 Å². The quantitative estimate of drug-likeness (QED) is 0.459. The highest BCUT2D eigenvalue weighted by Crippen LogP contribution is 2.09. The molecule has 0 radical (unpaired) electrons. The maximum atomic E-state index is 11.8. The van der Waals surface area contributed by atoms with E-state index in [9.17, 15) is 14.4 Å². The lowest BCUT2D eigenvalue weighted by Crippen LogP contribution is -2.17. The molecule has 0 saturated heterocycles. The number of benzene rings is 1.